The smallest absolute Gasteiger partial charge is 0.306 e. The fourth-order valence-electron chi connectivity index (χ4n) is 8.22. The lowest BCUT2D eigenvalue weighted by atomic mass is 9.47. The second-order valence-electron chi connectivity index (χ2n) is 12.2. The topological polar surface area (TPSA) is 43.4 Å². The fraction of sp³-hybridized carbons (Fsp3) is 0.862. The van der Waals surface area contributed by atoms with E-state index >= 15 is 0 Å². The predicted octanol–water partition coefficient (Wildman–Crippen LogP) is 7.43. The van der Waals surface area contributed by atoms with Crippen molar-refractivity contribution in [3.63, 3.8) is 0 Å². The minimum Gasteiger partial charge on any atom is -0.462 e. The van der Waals surface area contributed by atoms with Crippen LogP contribution in [-0.2, 0) is 14.3 Å². The molecule has 4 rings (SSSR count). The molecule has 0 radical (unpaired) electrons. The molecule has 3 saturated carbocycles. The minimum absolute atomic E-state index is 0.0357. The summed E-state index contributed by atoms with van der Waals surface area (Å²) < 4.78 is 6.21. The first kappa shape index (κ1) is 24.0. The van der Waals surface area contributed by atoms with Crippen molar-refractivity contribution < 1.29 is 14.3 Å². The van der Waals surface area contributed by atoms with Crippen molar-refractivity contribution in [3.05, 3.63) is 11.6 Å². The van der Waals surface area contributed by atoms with Crippen molar-refractivity contribution in [1.29, 1.82) is 0 Å². The molecule has 180 valence electrons. The second-order valence-corrected chi connectivity index (χ2v) is 12.2. The van der Waals surface area contributed by atoms with Crippen LogP contribution in [0.4, 0.5) is 0 Å². The van der Waals surface area contributed by atoms with Gasteiger partial charge < -0.3 is 4.74 Å². The van der Waals surface area contributed by atoms with E-state index in [0.29, 0.717) is 30.0 Å². The summed E-state index contributed by atoms with van der Waals surface area (Å²) in [5.41, 5.74) is 1.80. The van der Waals surface area contributed by atoms with Crippen LogP contribution < -0.4 is 0 Å². The van der Waals surface area contributed by atoms with Crippen molar-refractivity contribution in [2.75, 3.05) is 0 Å². The van der Waals surface area contributed by atoms with E-state index in [9.17, 15) is 9.59 Å². The summed E-state index contributed by atoms with van der Waals surface area (Å²) in [6, 6.07) is 0. The van der Waals surface area contributed by atoms with Gasteiger partial charge in [-0.1, -0.05) is 65.4 Å². The molecule has 0 spiro atoms. The fourth-order valence-corrected chi connectivity index (χ4v) is 8.22. The van der Waals surface area contributed by atoms with Gasteiger partial charge in [0.25, 0.3) is 0 Å². The highest BCUT2D eigenvalue weighted by molar-refractivity contribution is 5.91. The summed E-state index contributed by atoms with van der Waals surface area (Å²) in [7, 11) is 0. The van der Waals surface area contributed by atoms with E-state index in [-0.39, 0.29) is 22.9 Å². The zero-order valence-corrected chi connectivity index (χ0v) is 21.1. The Balaban J connectivity index is 1.36. The van der Waals surface area contributed by atoms with Crippen molar-refractivity contribution in [3.8, 4) is 0 Å². The van der Waals surface area contributed by atoms with Crippen molar-refractivity contribution >= 4 is 11.8 Å². The molecule has 0 aromatic rings. The van der Waals surface area contributed by atoms with Crippen LogP contribution in [0.1, 0.15) is 118 Å². The Hall–Kier alpha value is -1.12. The predicted molar refractivity (Wildman–Crippen MR) is 129 cm³/mol. The van der Waals surface area contributed by atoms with Gasteiger partial charge in [0.1, 0.15) is 6.10 Å². The molecule has 0 heterocycles. The van der Waals surface area contributed by atoms with Gasteiger partial charge in [0, 0.05) is 18.3 Å². The van der Waals surface area contributed by atoms with Crippen LogP contribution in [0.15, 0.2) is 11.6 Å². The second kappa shape index (κ2) is 9.63. The number of hydrogen-bond donors (Lipinski definition) is 0. The Morgan fingerprint density at radius 1 is 1.06 bits per heavy atom. The van der Waals surface area contributed by atoms with E-state index in [1.165, 1.54) is 56.9 Å². The molecular formula is C29H46O3. The first-order valence-electron chi connectivity index (χ1n) is 13.7. The van der Waals surface area contributed by atoms with Gasteiger partial charge in [-0.3, -0.25) is 9.59 Å². The summed E-state index contributed by atoms with van der Waals surface area (Å²) in [6.07, 6.45) is 17.6. The number of unbranched alkanes of at least 4 members (excludes halogenated alkanes) is 3. The summed E-state index contributed by atoms with van der Waals surface area (Å²) in [5, 5.41) is 0. The van der Waals surface area contributed by atoms with Crippen LogP contribution in [0, 0.1) is 34.5 Å². The molecule has 0 bridgehead atoms. The molecule has 4 aliphatic carbocycles. The molecule has 3 nitrogen and oxygen atoms in total. The molecule has 32 heavy (non-hydrogen) atoms. The van der Waals surface area contributed by atoms with Crippen LogP contribution in [-0.4, -0.2) is 17.9 Å². The van der Waals surface area contributed by atoms with Crippen LogP contribution in [0.5, 0.6) is 0 Å². The minimum atomic E-state index is 0.0357. The Morgan fingerprint density at radius 2 is 1.88 bits per heavy atom. The van der Waals surface area contributed by atoms with Gasteiger partial charge >= 0.3 is 5.97 Å². The summed E-state index contributed by atoms with van der Waals surface area (Å²) in [4.78, 5) is 24.8. The highest BCUT2D eigenvalue weighted by atomic mass is 16.5. The van der Waals surface area contributed by atoms with Gasteiger partial charge in [0.15, 0.2) is 5.78 Å². The molecule has 0 amide bonds. The molecule has 0 aliphatic heterocycles. The molecule has 4 aliphatic rings. The van der Waals surface area contributed by atoms with E-state index in [4.69, 9.17) is 4.74 Å². The average molecular weight is 443 g/mol. The zero-order valence-electron chi connectivity index (χ0n) is 21.1. The lowest BCUT2D eigenvalue weighted by Crippen LogP contribution is -2.51. The Labute approximate surface area is 196 Å². The third kappa shape index (κ3) is 4.47. The van der Waals surface area contributed by atoms with Gasteiger partial charge in [0.2, 0.25) is 0 Å². The lowest BCUT2D eigenvalue weighted by Gasteiger charge is -2.57. The molecule has 0 N–H and O–H groups in total. The third-order valence-electron chi connectivity index (χ3n) is 10.2. The van der Waals surface area contributed by atoms with Crippen molar-refractivity contribution in [2.45, 2.75) is 124 Å². The van der Waals surface area contributed by atoms with Crippen LogP contribution in [0.3, 0.4) is 0 Å². The molecule has 3 heteroatoms. The van der Waals surface area contributed by atoms with Crippen LogP contribution in [0.25, 0.3) is 0 Å². The lowest BCUT2D eigenvalue weighted by molar-refractivity contribution is -0.160. The summed E-state index contributed by atoms with van der Waals surface area (Å²) >= 11 is 0. The maximum absolute atomic E-state index is 12.8. The quantitative estimate of drug-likeness (QED) is 0.290. The number of allylic oxidation sites excluding steroid dienone is 1. The molecular weight excluding hydrogens is 396 g/mol. The Morgan fingerprint density at radius 3 is 2.66 bits per heavy atom. The van der Waals surface area contributed by atoms with E-state index in [1.54, 1.807) is 0 Å². The first-order valence-corrected chi connectivity index (χ1v) is 13.7. The van der Waals surface area contributed by atoms with Crippen molar-refractivity contribution in [1.82, 2.24) is 0 Å². The number of esters is 1. The number of rotatable bonds is 8. The summed E-state index contributed by atoms with van der Waals surface area (Å²) in [6.45, 7) is 9.31. The largest absolute Gasteiger partial charge is 0.462 e. The number of carbonyl (C=O) groups excluding carboxylic acids is 2. The number of ketones is 1. The Kier molecular flexibility index (Phi) is 7.23. The average Bonchev–Trinajstić information content (AvgIpc) is 3.08. The van der Waals surface area contributed by atoms with Gasteiger partial charge in [-0.15, -0.1) is 0 Å². The maximum Gasteiger partial charge on any atom is 0.306 e. The number of carbonyl (C=O) groups is 2. The molecule has 1 unspecified atom stereocenters. The van der Waals surface area contributed by atoms with Gasteiger partial charge in [-0.05, 0) is 80.1 Å². The summed E-state index contributed by atoms with van der Waals surface area (Å²) in [5.74, 6) is 2.90. The van der Waals surface area contributed by atoms with Crippen LogP contribution in [0.2, 0.25) is 0 Å². The van der Waals surface area contributed by atoms with Crippen LogP contribution >= 0.6 is 0 Å². The standard InChI is InChI=1S/C29H46O3/c1-5-6-7-8-9-20(2)18-27(31)32-26-13-12-24-23-11-10-21-19-22(30)14-16-28(21,3)25(23)15-17-29(24,26)4/h19-20,23-26H,5-18H2,1-4H3/t20?,23-,24-,25-,26-,28-,29-/m0/s1. The SMILES string of the molecule is CCCCCCC(C)CC(=O)O[C@H]1CC[C@H]2[C@@H]3CCC4=CC(=O)CC[C@]4(C)[C@H]3CC[C@]12C. The molecule has 0 aromatic carbocycles. The number of fused-ring (bicyclic) bond motifs is 5. The molecule has 3 fully saturated rings. The monoisotopic (exact) mass is 442 g/mol. The number of ether oxygens (including phenoxy) is 1. The highest BCUT2D eigenvalue weighted by Gasteiger charge is 2.59. The van der Waals surface area contributed by atoms with Gasteiger partial charge in [-0.25, -0.2) is 0 Å². The first-order chi connectivity index (χ1) is 15.3. The third-order valence-corrected chi connectivity index (χ3v) is 10.2. The highest BCUT2D eigenvalue weighted by Crippen LogP contribution is 2.65. The number of hydrogen-bond acceptors (Lipinski definition) is 3. The van der Waals surface area contributed by atoms with Crippen molar-refractivity contribution in [2.24, 2.45) is 34.5 Å². The molecule has 7 atom stereocenters. The van der Waals surface area contributed by atoms with E-state index in [2.05, 4.69) is 27.7 Å². The zero-order chi connectivity index (χ0) is 22.9. The Bertz CT molecular complexity index is 739. The normalized spacial score (nSPS) is 39.5. The van der Waals surface area contributed by atoms with Gasteiger partial charge in [0.05, 0.1) is 0 Å². The van der Waals surface area contributed by atoms with E-state index in [1.807, 2.05) is 6.08 Å². The van der Waals surface area contributed by atoms with E-state index in [0.717, 1.165) is 38.0 Å². The molecule has 0 saturated heterocycles. The van der Waals surface area contributed by atoms with Gasteiger partial charge in [-0.2, -0.15) is 0 Å². The van der Waals surface area contributed by atoms with E-state index < -0.39 is 0 Å². The molecule has 0 aromatic heterocycles. The maximum atomic E-state index is 12.8.